The van der Waals surface area contributed by atoms with Crippen LogP contribution in [0, 0.1) is 5.82 Å². The Labute approximate surface area is 185 Å². The van der Waals surface area contributed by atoms with E-state index in [0.29, 0.717) is 21.2 Å². The molecule has 1 atom stereocenters. The van der Waals surface area contributed by atoms with Gasteiger partial charge in [-0.15, -0.1) is 0 Å². The molecular formula is C22H14ClF3N2O2S. The number of nitrogens with zero attached hydrogens (tertiary/aromatic N) is 2. The molecule has 0 N–H and O–H groups in total. The number of carbonyl (C=O) groups excluding carboxylic acids is 1. The Morgan fingerprint density at radius 1 is 1.06 bits per heavy atom. The number of hydrazone groups is 1. The van der Waals surface area contributed by atoms with Gasteiger partial charge < -0.3 is 4.74 Å². The number of benzene rings is 3. The highest BCUT2D eigenvalue weighted by atomic mass is 35.5. The summed E-state index contributed by atoms with van der Waals surface area (Å²) in [5.74, 6) is -1.22. The fourth-order valence-corrected chi connectivity index (χ4v) is 4.35. The molecule has 0 saturated carbocycles. The van der Waals surface area contributed by atoms with Crippen LogP contribution in [0.5, 0.6) is 5.75 Å². The summed E-state index contributed by atoms with van der Waals surface area (Å²) in [5, 5.41) is 5.80. The van der Waals surface area contributed by atoms with Crippen LogP contribution >= 0.6 is 23.4 Å². The molecule has 3 aromatic carbocycles. The molecule has 0 fully saturated rings. The predicted molar refractivity (Wildman–Crippen MR) is 114 cm³/mol. The van der Waals surface area contributed by atoms with Gasteiger partial charge in [-0.2, -0.15) is 13.9 Å². The van der Waals surface area contributed by atoms with Gasteiger partial charge in [0.1, 0.15) is 22.0 Å². The number of ether oxygens (including phenoxy) is 1. The lowest BCUT2D eigenvalue weighted by molar-refractivity contribution is -0.0507. The number of para-hydroxylation sites is 1. The van der Waals surface area contributed by atoms with Crippen LogP contribution in [0.3, 0.4) is 0 Å². The number of hydrogen-bond acceptors (Lipinski definition) is 4. The maximum atomic E-state index is 13.7. The van der Waals surface area contributed by atoms with Crippen molar-refractivity contribution in [1.29, 1.82) is 0 Å². The van der Waals surface area contributed by atoms with Crippen molar-refractivity contribution in [3.8, 4) is 5.75 Å². The topological polar surface area (TPSA) is 41.9 Å². The van der Waals surface area contributed by atoms with E-state index >= 15 is 0 Å². The largest absolute Gasteiger partial charge is 0.434 e. The van der Waals surface area contributed by atoms with E-state index in [-0.39, 0.29) is 11.3 Å². The van der Waals surface area contributed by atoms with Crippen LogP contribution < -0.4 is 4.74 Å². The van der Waals surface area contributed by atoms with E-state index in [1.165, 1.54) is 36.0 Å². The summed E-state index contributed by atoms with van der Waals surface area (Å²) in [7, 11) is 0. The summed E-state index contributed by atoms with van der Waals surface area (Å²) in [6.07, 6.45) is 0. The lowest BCUT2D eigenvalue weighted by Gasteiger charge is -2.23. The van der Waals surface area contributed by atoms with Crippen LogP contribution in [0.1, 0.15) is 26.9 Å². The molecule has 0 spiro atoms. The average Bonchev–Trinajstić information content (AvgIpc) is 3.19. The Morgan fingerprint density at radius 3 is 2.52 bits per heavy atom. The number of amides is 1. The number of carbonyl (C=O) groups is 1. The van der Waals surface area contributed by atoms with Crippen molar-refractivity contribution in [2.24, 2.45) is 5.10 Å². The Balaban J connectivity index is 1.76. The molecule has 1 aliphatic rings. The maximum absolute atomic E-state index is 13.7. The lowest BCUT2D eigenvalue weighted by atomic mass is 10.1. The molecule has 1 amide bonds. The molecule has 0 bridgehead atoms. The van der Waals surface area contributed by atoms with E-state index in [9.17, 15) is 18.0 Å². The van der Waals surface area contributed by atoms with E-state index < -0.39 is 23.7 Å². The standard InChI is InChI=1S/C22H14ClF3N2O2S/c23-15-10-8-13(9-11-15)19-27-28(20(29)14-4-3-5-16(24)12-14)21(31-19)17-6-1-2-7-18(17)30-22(25)26/h1-12,21-22H. The smallest absolute Gasteiger partial charge is 0.387 e. The molecule has 1 aliphatic heterocycles. The molecule has 3 aromatic rings. The summed E-state index contributed by atoms with van der Waals surface area (Å²) in [4.78, 5) is 13.2. The molecule has 0 saturated heterocycles. The number of hydrogen-bond donors (Lipinski definition) is 0. The van der Waals surface area contributed by atoms with Crippen molar-refractivity contribution >= 4 is 34.3 Å². The molecule has 0 aromatic heterocycles. The maximum Gasteiger partial charge on any atom is 0.387 e. The average molecular weight is 463 g/mol. The van der Waals surface area contributed by atoms with Crippen molar-refractivity contribution in [2.75, 3.05) is 0 Å². The molecule has 1 heterocycles. The molecule has 9 heteroatoms. The summed E-state index contributed by atoms with van der Waals surface area (Å²) in [6, 6.07) is 18.2. The van der Waals surface area contributed by atoms with Gasteiger partial charge in [0.15, 0.2) is 0 Å². The third-order valence-corrected chi connectivity index (χ3v) is 5.89. The first-order valence-corrected chi connectivity index (χ1v) is 10.3. The van der Waals surface area contributed by atoms with Crippen LogP contribution in [0.4, 0.5) is 13.2 Å². The third kappa shape index (κ3) is 4.70. The highest BCUT2D eigenvalue weighted by Gasteiger charge is 2.36. The Morgan fingerprint density at radius 2 is 1.81 bits per heavy atom. The second kappa shape index (κ2) is 9.03. The van der Waals surface area contributed by atoms with Crippen LogP contribution in [0.25, 0.3) is 0 Å². The fourth-order valence-electron chi connectivity index (χ4n) is 3.04. The molecule has 158 valence electrons. The zero-order valence-electron chi connectivity index (χ0n) is 15.7. The lowest BCUT2D eigenvalue weighted by Crippen LogP contribution is -2.26. The van der Waals surface area contributed by atoms with E-state index in [1.54, 1.807) is 42.5 Å². The first-order chi connectivity index (χ1) is 14.9. The molecule has 0 aliphatic carbocycles. The van der Waals surface area contributed by atoms with E-state index in [1.807, 2.05) is 0 Å². The second-order valence-electron chi connectivity index (χ2n) is 6.46. The van der Waals surface area contributed by atoms with Gasteiger partial charge in [-0.3, -0.25) is 4.79 Å². The van der Waals surface area contributed by atoms with Crippen molar-refractivity contribution < 1.29 is 22.7 Å². The van der Waals surface area contributed by atoms with Gasteiger partial charge in [0.2, 0.25) is 0 Å². The van der Waals surface area contributed by atoms with Crippen LogP contribution in [-0.4, -0.2) is 22.6 Å². The molecule has 4 rings (SSSR count). The monoisotopic (exact) mass is 462 g/mol. The van der Waals surface area contributed by atoms with Gasteiger partial charge in [-0.1, -0.05) is 59.8 Å². The summed E-state index contributed by atoms with van der Waals surface area (Å²) >= 11 is 7.14. The van der Waals surface area contributed by atoms with Gasteiger partial charge in [0, 0.05) is 21.7 Å². The van der Waals surface area contributed by atoms with Crippen molar-refractivity contribution in [3.05, 3.63) is 100 Å². The fraction of sp³-hybridized carbons (Fsp3) is 0.0909. The summed E-state index contributed by atoms with van der Waals surface area (Å²) in [5.41, 5.74) is 1.12. The summed E-state index contributed by atoms with van der Waals surface area (Å²) in [6.45, 7) is -3.03. The van der Waals surface area contributed by atoms with Crippen LogP contribution in [0.2, 0.25) is 5.02 Å². The SMILES string of the molecule is O=C(c1cccc(F)c1)N1N=C(c2ccc(Cl)cc2)SC1c1ccccc1OC(F)F. The Hall–Kier alpha value is -2.97. The second-order valence-corrected chi connectivity index (χ2v) is 7.96. The zero-order valence-corrected chi connectivity index (χ0v) is 17.3. The molecule has 0 radical (unpaired) electrons. The first-order valence-electron chi connectivity index (χ1n) is 9.06. The third-order valence-electron chi connectivity index (χ3n) is 4.42. The van der Waals surface area contributed by atoms with E-state index in [2.05, 4.69) is 9.84 Å². The van der Waals surface area contributed by atoms with E-state index in [0.717, 1.165) is 11.1 Å². The minimum absolute atomic E-state index is 0.0698. The molecule has 31 heavy (non-hydrogen) atoms. The predicted octanol–water partition coefficient (Wildman–Crippen LogP) is 6.33. The van der Waals surface area contributed by atoms with Gasteiger partial charge in [-0.25, -0.2) is 9.40 Å². The molecular weight excluding hydrogens is 449 g/mol. The minimum atomic E-state index is -3.03. The van der Waals surface area contributed by atoms with Gasteiger partial charge in [-0.05, 0) is 36.4 Å². The number of alkyl halides is 2. The molecule has 1 unspecified atom stereocenters. The van der Waals surface area contributed by atoms with Gasteiger partial charge in [0.05, 0.1) is 0 Å². The van der Waals surface area contributed by atoms with Crippen LogP contribution in [-0.2, 0) is 0 Å². The number of rotatable bonds is 5. The Kier molecular flexibility index (Phi) is 6.20. The highest BCUT2D eigenvalue weighted by molar-refractivity contribution is 8.14. The number of thioether (sulfide) groups is 1. The van der Waals surface area contributed by atoms with Crippen molar-refractivity contribution in [3.63, 3.8) is 0 Å². The van der Waals surface area contributed by atoms with Gasteiger partial charge >= 0.3 is 6.61 Å². The summed E-state index contributed by atoms with van der Waals surface area (Å²) < 4.78 is 44.2. The van der Waals surface area contributed by atoms with Crippen molar-refractivity contribution in [2.45, 2.75) is 12.0 Å². The molecule has 4 nitrogen and oxygen atoms in total. The highest BCUT2D eigenvalue weighted by Crippen LogP contribution is 2.45. The first kappa shape index (κ1) is 21.3. The number of halogens is 4. The van der Waals surface area contributed by atoms with E-state index in [4.69, 9.17) is 11.6 Å². The van der Waals surface area contributed by atoms with Crippen molar-refractivity contribution in [1.82, 2.24) is 5.01 Å². The zero-order chi connectivity index (χ0) is 22.0. The normalized spacial score (nSPS) is 15.8. The quantitative estimate of drug-likeness (QED) is 0.445. The van der Waals surface area contributed by atoms with Gasteiger partial charge in [0.25, 0.3) is 5.91 Å². The minimum Gasteiger partial charge on any atom is -0.434 e. The van der Waals surface area contributed by atoms with Crippen LogP contribution in [0.15, 0.2) is 77.9 Å². The Bertz CT molecular complexity index is 1140.